The Kier molecular flexibility index (Phi) is 6.41. The number of nitrogens with one attached hydrogen (secondary N) is 1. The number of nitriles is 1. The van der Waals surface area contributed by atoms with Crippen molar-refractivity contribution in [2.45, 2.75) is 19.3 Å². The molecule has 1 saturated carbocycles. The number of carboxylic acids is 1. The second kappa shape index (κ2) is 9.80. The van der Waals surface area contributed by atoms with Gasteiger partial charge < -0.3 is 5.11 Å². The molecule has 3 aromatic carbocycles. The van der Waals surface area contributed by atoms with Crippen molar-refractivity contribution in [3.63, 3.8) is 0 Å². The quantitative estimate of drug-likeness (QED) is 0.220. The highest BCUT2D eigenvalue weighted by Gasteiger charge is 2.29. The molecule has 0 spiro atoms. The van der Waals surface area contributed by atoms with Crippen LogP contribution in [0.1, 0.15) is 47.2 Å². The van der Waals surface area contributed by atoms with Gasteiger partial charge >= 0.3 is 5.97 Å². The molecular formula is C29H21ClFN3O2. The van der Waals surface area contributed by atoms with Crippen LogP contribution >= 0.6 is 11.6 Å². The minimum atomic E-state index is -1.01. The number of aromatic nitrogens is 2. The number of aliphatic carboxylic acids is 1. The zero-order valence-electron chi connectivity index (χ0n) is 19.1. The van der Waals surface area contributed by atoms with Crippen LogP contribution < -0.4 is 0 Å². The van der Waals surface area contributed by atoms with Crippen molar-refractivity contribution in [2.24, 2.45) is 5.92 Å². The molecule has 0 atom stereocenters. The number of allylic oxidation sites excluding steroid dienone is 1. The van der Waals surface area contributed by atoms with E-state index in [2.05, 4.69) is 16.3 Å². The molecule has 1 aliphatic carbocycles. The van der Waals surface area contributed by atoms with Crippen molar-refractivity contribution < 1.29 is 14.3 Å². The fourth-order valence-electron chi connectivity index (χ4n) is 4.62. The second-order valence-electron chi connectivity index (χ2n) is 8.78. The first-order valence-electron chi connectivity index (χ1n) is 11.5. The van der Waals surface area contributed by atoms with Crippen LogP contribution in [0.25, 0.3) is 28.1 Å². The number of nitrogens with zero attached hydrogens (tertiary/aromatic N) is 2. The van der Waals surface area contributed by atoms with Crippen LogP contribution in [0.4, 0.5) is 4.39 Å². The summed E-state index contributed by atoms with van der Waals surface area (Å²) >= 11 is 6.59. The molecule has 5 rings (SSSR count). The molecule has 0 radical (unpaired) electrons. The summed E-state index contributed by atoms with van der Waals surface area (Å²) in [4.78, 5) is 10.9. The van der Waals surface area contributed by atoms with E-state index in [4.69, 9.17) is 16.7 Å². The average Bonchev–Trinajstić information content (AvgIpc) is 3.24. The number of H-pyrrole nitrogens is 1. The van der Waals surface area contributed by atoms with Gasteiger partial charge in [-0.05, 0) is 82.5 Å². The Labute approximate surface area is 212 Å². The van der Waals surface area contributed by atoms with Crippen molar-refractivity contribution in [3.05, 3.63) is 106 Å². The molecule has 0 unspecified atom stereocenters. The van der Waals surface area contributed by atoms with E-state index in [9.17, 15) is 14.4 Å². The summed E-state index contributed by atoms with van der Waals surface area (Å²) in [6.45, 7) is 0. The maximum absolute atomic E-state index is 14.0. The Morgan fingerprint density at radius 3 is 2.50 bits per heavy atom. The molecule has 7 heteroatoms. The summed E-state index contributed by atoms with van der Waals surface area (Å²) in [5, 5.41) is 26.5. The topological polar surface area (TPSA) is 89.8 Å². The maximum atomic E-state index is 14.0. The van der Waals surface area contributed by atoms with E-state index in [0.29, 0.717) is 16.1 Å². The number of hydrogen-bond donors (Lipinski definition) is 2. The monoisotopic (exact) mass is 497 g/mol. The van der Waals surface area contributed by atoms with Gasteiger partial charge in [-0.15, -0.1) is 0 Å². The number of rotatable bonds is 6. The molecule has 0 bridgehead atoms. The molecule has 1 aromatic heterocycles. The normalized spacial score (nSPS) is 14.5. The van der Waals surface area contributed by atoms with Gasteiger partial charge in [0.25, 0.3) is 0 Å². The zero-order chi connectivity index (χ0) is 25.2. The number of benzene rings is 3. The van der Waals surface area contributed by atoms with Crippen LogP contribution in [-0.2, 0) is 4.79 Å². The summed E-state index contributed by atoms with van der Waals surface area (Å²) in [5.41, 5.74) is 6.36. The van der Waals surface area contributed by atoms with Crippen LogP contribution in [0, 0.1) is 23.1 Å². The lowest BCUT2D eigenvalue weighted by Gasteiger charge is -2.32. The molecule has 0 amide bonds. The lowest BCUT2D eigenvalue weighted by molar-refractivity contribution is -0.131. The molecule has 36 heavy (non-hydrogen) atoms. The zero-order valence-corrected chi connectivity index (χ0v) is 19.9. The highest BCUT2D eigenvalue weighted by molar-refractivity contribution is 6.32. The predicted octanol–water partition coefficient (Wildman–Crippen LogP) is 7.08. The molecule has 1 aliphatic rings. The molecule has 1 fully saturated rings. The molecule has 5 nitrogen and oxygen atoms in total. The lowest BCUT2D eigenvalue weighted by atomic mass is 9.73. The third-order valence-electron chi connectivity index (χ3n) is 6.58. The minimum absolute atomic E-state index is 0.241. The van der Waals surface area contributed by atoms with Gasteiger partial charge in [-0.2, -0.15) is 10.4 Å². The molecule has 1 heterocycles. The van der Waals surface area contributed by atoms with Gasteiger partial charge in [0, 0.05) is 11.5 Å². The van der Waals surface area contributed by atoms with Crippen LogP contribution in [0.2, 0.25) is 5.02 Å². The van der Waals surface area contributed by atoms with Gasteiger partial charge in [0.1, 0.15) is 11.9 Å². The Bertz CT molecular complexity index is 1570. The van der Waals surface area contributed by atoms with E-state index < -0.39 is 11.8 Å². The summed E-state index contributed by atoms with van der Waals surface area (Å²) in [6, 6.07) is 20.0. The largest absolute Gasteiger partial charge is 0.478 e. The van der Waals surface area contributed by atoms with Gasteiger partial charge in [0.15, 0.2) is 5.69 Å². The number of halogens is 2. The third kappa shape index (κ3) is 4.53. The van der Waals surface area contributed by atoms with Gasteiger partial charge in [-0.3, -0.25) is 5.10 Å². The van der Waals surface area contributed by atoms with E-state index in [1.807, 2.05) is 42.5 Å². The number of fused-ring (bicyclic) bond motifs is 1. The van der Waals surface area contributed by atoms with E-state index in [1.54, 1.807) is 6.07 Å². The Balaban J connectivity index is 1.78. The molecule has 0 saturated heterocycles. The highest BCUT2D eigenvalue weighted by atomic mass is 35.5. The SMILES string of the molecule is N#Cc1n[nH]c2ccc(C(=C(c3ccc(F)cc3Cl)C3CCC3)c3ccc(C=CC(=O)O)cc3)cc12. The average molecular weight is 498 g/mol. The molecule has 2 N–H and O–H groups in total. The van der Waals surface area contributed by atoms with E-state index in [1.165, 1.54) is 18.2 Å². The second-order valence-corrected chi connectivity index (χ2v) is 9.19. The van der Waals surface area contributed by atoms with Crippen molar-refractivity contribution in [3.8, 4) is 6.07 Å². The number of hydrogen-bond acceptors (Lipinski definition) is 3. The van der Waals surface area contributed by atoms with Crippen LogP contribution in [0.3, 0.4) is 0 Å². The number of aromatic amines is 1. The van der Waals surface area contributed by atoms with Crippen LogP contribution in [0.5, 0.6) is 0 Å². The van der Waals surface area contributed by atoms with Gasteiger partial charge in [-0.1, -0.05) is 54.4 Å². The summed E-state index contributed by atoms with van der Waals surface area (Å²) in [6.07, 6.45) is 5.71. The summed E-state index contributed by atoms with van der Waals surface area (Å²) in [5.74, 6) is -1.17. The van der Waals surface area contributed by atoms with Crippen molar-refractivity contribution in [1.29, 1.82) is 5.26 Å². The highest BCUT2D eigenvalue weighted by Crippen LogP contribution is 2.47. The standard InChI is InChI=1S/C29H21ClFN3O2/c30-24-15-21(31)10-11-22(24)29(18-2-1-3-18)28(19-7-4-17(5-8-19)6-13-27(35)36)20-9-12-25-23(14-20)26(16-32)34-33-25/h4-15,18H,1-3H2,(H,33,34)(H,35,36). The Morgan fingerprint density at radius 1 is 1.11 bits per heavy atom. The molecule has 0 aliphatic heterocycles. The van der Waals surface area contributed by atoms with Gasteiger partial charge in [0.2, 0.25) is 0 Å². The third-order valence-corrected chi connectivity index (χ3v) is 6.89. The van der Waals surface area contributed by atoms with Crippen LogP contribution in [-0.4, -0.2) is 21.3 Å². The maximum Gasteiger partial charge on any atom is 0.328 e. The number of carbonyl (C=O) groups is 1. The van der Waals surface area contributed by atoms with Crippen molar-refractivity contribution >= 4 is 45.7 Å². The van der Waals surface area contributed by atoms with E-state index >= 15 is 0 Å². The van der Waals surface area contributed by atoms with E-state index in [-0.39, 0.29) is 5.92 Å². The van der Waals surface area contributed by atoms with E-state index in [0.717, 1.165) is 64.3 Å². The first-order valence-corrected chi connectivity index (χ1v) is 11.9. The number of carboxylic acid groups (broad SMARTS) is 1. The first kappa shape index (κ1) is 23.5. The summed E-state index contributed by atoms with van der Waals surface area (Å²) in [7, 11) is 0. The molecule has 4 aromatic rings. The molecular weight excluding hydrogens is 477 g/mol. The smallest absolute Gasteiger partial charge is 0.328 e. The predicted molar refractivity (Wildman–Crippen MR) is 139 cm³/mol. The van der Waals surface area contributed by atoms with Crippen molar-refractivity contribution in [1.82, 2.24) is 10.2 Å². The van der Waals surface area contributed by atoms with Gasteiger partial charge in [-0.25, -0.2) is 9.18 Å². The lowest BCUT2D eigenvalue weighted by Crippen LogP contribution is -2.15. The Hall–Kier alpha value is -4.21. The minimum Gasteiger partial charge on any atom is -0.478 e. The summed E-state index contributed by atoms with van der Waals surface area (Å²) < 4.78 is 14.0. The fourth-order valence-corrected chi connectivity index (χ4v) is 4.89. The first-order chi connectivity index (χ1) is 17.4. The van der Waals surface area contributed by atoms with Crippen LogP contribution in [0.15, 0.2) is 66.7 Å². The fraction of sp³-hybridized carbons (Fsp3) is 0.138. The van der Waals surface area contributed by atoms with Gasteiger partial charge in [0.05, 0.1) is 10.5 Å². The Morgan fingerprint density at radius 2 is 1.86 bits per heavy atom. The van der Waals surface area contributed by atoms with Crippen molar-refractivity contribution in [2.75, 3.05) is 0 Å². The molecule has 178 valence electrons.